The van der Waals surface area contributed by atoms with Gasteiger partial charge in [0.25, 0.3) is 0 Å². The van der Waals surface area contributed by atoms with Gasteiger partial charge in [-0.25, -0.2) is 17.8 Å². The Hall–Kier alpha value is -2.84. The second-order valence-electron chi connectivity index (χ2n) is 7.00. The first-order valence-corrected chi connectivity index (χ1v) is 11.5. The molecule has 0 bridgehead atoms. The van der Waals surface area contributed by atoms with Crippen LogP contribution in [0.4, 0.5) is 9.52 Å². The molecule has 0 saturated carbocycles. The summed E-state index contributed by atoms with van der Waals surface area (Å²) in [6.07, 6.45) is 2.01. The van der Waals surface area contributed by atoms with Crippen molar-refractivity contribution in [3.8, 4) is 0 Å². The molecule has 3 aromatic carbocycles. The normalized spacial score (nSPS) is 13.3. The summed E-state index contributed by atoms with van der Waals surface area (Å²) in [4.78, 5) is 16.8. The molecule has 1 N–H and O–H groups in total. The molecule has 0 unspecified atom stereocenters. The number of amides is 1. The number of anilines is 1. The molecule has 0 atom stereocenters. The second-order valence-corrected chi connectivity index (χ2v) is 10.0. The predicted molar refractivity (Wildman–Crippen MR) is 112 cm³/mol. The molecule has 1 aromatic heterocycles. The standard InChI is InChI=1S/C21H15FN2O3S2/c22-14-6-8-15(9-7-14)29(26,27)11-18(25)23-21-24-20-16-3-1-2-12-4-5-13(19(12)16)10-17(20)28-21/h1-3,6-10H,4-5,11H2,(H,23,24,25). The minimum Gasteiger partial charge on any atom is -0.301 e. The van der Waals surface area contributed by atoms with Gasteiger partial charge >= 0.3 is 0 Å². The van der Waals surface area contributed by atoms with Crippen LogP contribution < -0.4 is 5.32 Å². The van der Waals surface area contributed by atoms with Crippen LogP contribution in [0.25, 0.3) is 21.0 Å². The van der Waals surface area contributed by atoms with E-state index in [0.717, 1.165) is 52.7 Å². The topological polar surface area (TPSA) is 76.1 Å². The van der Waals surface area contributed by atoms with Crippen molar-refractivity contribution in [2.75, 3.05) is 11.1 Å². The monoisotopic (exact) mass is 426 g/mol. The molecule has 0 fully saturated rings. The van der Waals surface area contributed by atoms with Gasteiger partial charge in [0.2, 0.25) is 5.91 Å². The predicted octanol–water partition coefficient (Wildman–Crippen LogP) is 4.10. The lowest BCUT2D eigenvalue weighted by atomic mass is 10.0. The fourth-order valence-corrected chi connectivity index (χ4v) is 5.91. The molecule has 5 rings (SSSR count). The Balaban J connectivity index is 1.43. The summed E-state index contributed by atoms with van der Waals surface area (Å²) >= 11 is 1.33. The Morgan fingerprint density at radius 3 is 2.66 bits per heavy atom. The highest BCUT2D eigenvalue weighted by molar-refractivity contribution is 7.92. The molecule has 4 aromatic rings. The molecule has 0 saturated heterocycles. The molecule has 1 heterocycles. The Kier molecular flexibility index (Phi) is 4.15. The first-order valence-electron chi connectivity index (χ1n) is 9.03. The van der Waals surface area contributed by atoms with E-state index in [4.69, 9.17) is 0 Å². The van der Waals surface area contributed by atoms with Gasteiger partial charge in [0.1, 0.15) is 11.6 Å². The first-order chi connectivity index (χ1) is 13.9. The van der Waals surface area contributed by atoms with Crippen LogP contribution >= 0.6 is 11.3 Å². The molecular formula is C21H15FN2O3S2. The SMILES string of the molecule is O=C(CS(=O)(=O)c1ccc(F)cc1)Nc1nc2c(cc3c4c(cccc42)CC3)s1. The van der Waals surface area contributed by atoms with Crippen LogP contribution in [0, 0.1) is 5.82 Å². The average Bonchev–Trinajstić information content (AvgIpc) is 3.27. The summed E-state index contributed by atoms with van der Waals surface area (Å²) in [6, 6.07) is 12.7. The van der Waals surface area contributed by atoms with Gasteiger partial charge in [0.05, 0.1) is 15.1 Å². The van der Waals surface area contributed by atoms with Gasteiger partial charge in [0, 0.05) is 5.39 Å². The van der Waals surface area contributed by atoms with E-state index in [0.29, 0.717) is 5.13 Å². The number of carbonyl (C=O) groups excluding carboxylic acids is 1. The summed E-state index contributed by atoms with van der Waals surface area (Å²) in [5, 5.41) is 5.26. The lowest BCUT2D eigenvalue weighted by molar-refractivity contribution is -0.113. The van der Waals surface area contributed by atoms with Crippen molar-refractivity contribution in [1.82, 2.24) is 4.98 Å². The zero-order valence-corrected chi connectivity index (χ0v) is 16.7. The van der Waals surface area contributed by atoms with Crippen molar-refractivity contribution in [3.05, 3.63) is 65.5 Å². The number of rotatable bonds is 4. The molecule has 29 heavy (non-hydrogen) atoms. The number of halogens is 1. The van der Waals surface area contributed by atoms with Crippen molar-refractivity contribution in [3.63, 3.8) is 0 Å². The zero-order valence-electron chi connectivity index (χ0n) is 15.1. The molecule has 0 spiro atoms. The summed E-state index contributed by atoms with van der Waals surface area (Å²) in [5.74, 6) is -1.94. The minimum absolute atomic E-state index is 0.0938. The maximum atomic E-state index is 13.0. The summed E-state index contributed by atoms with van der Waals surface area (Å²) in [5.41, 5.74) is 3.40. The van der Waals surface area contributed by atoms with Gasteiger partial charge in [-0.3, -0.25) is 4.79 Å². The number of sulfone groups is 1. The van der Waals surface area contributed by atoms with Gasteiger partial charge in [-0.05, 0) is 59.7 Å². The van der Waals surface area contributed by atoms with Crippen molar-refractivity contribution >= 4 is 53.2 Å². The van der Waals surface area contributed by atoms with E-state index in [1.807, 2.05) is 12.1 Å². The smallest absolute Gasteiger partial charge is 0.241 e. The van der Waals surface area contributed by atoms with Crippen LogP contribution in [-0.2, 0) is 27.5 Å². The molecule has 8 heteroatoms. The number of aryl methyl sites for hydroxylation is 2. The Labute approximate surface area is 170 Å². The number of benzene rings is 3. The quantitative estimate of drug-likeness (QED) is 0.499. The number of fused-ring (bicyclic) bond motifs is 2. The van der Waals surface area contributed by atoms with Crippen LogP contribution in [0.5, 0.6) is 0 Å². The lowest BCUT2D eigenvalue weighted by Crippen LogP contribution is -2.22. The fourth-order valence-electron chi connectivity index (χ4n) is 3.81. The van der Waals surface area contributed by atoms with Crippen LogP contribution in [0.15, 0.2) is 53.4 Å². The maximum absolute atomic E-state index is 13.0. The van der Waals surface area contributed by atoms with Gasteiger partial charge in [-0.2, -0.15) is 0 Å². The highest BCUT2D eigenvalue weighted by Gasteiger charge is 2.22. The summed E-state index contributed by atoms with van der Waals surface area (Å²) in [7, 11) is -3.87. The van der Waals surface area contributed by atoms with E-state index in [-0.39, 0.29) is 4.90 Å². The van der Waals surface area contributed by atoms with Crippen molar-refractivity contribution in [2.45, 2.75) is 17.7 Å². The Morgan fingerprint density at radius 1 is 1.10 bits per heavy atom. The second kappa shape index (κ2) is 6.60. The first kappa shape index (κ1) is 18.2. The molecule has 0 radical (unpaired) electrons. The van der Waals surface area contributed by atoms with E-state index in [2.05, 4.69) is 22.4 Å². The molecule has 0 aliphatic heterocycles. The lowest BCUT2D eigenvalue weighted by Gasteiger charge is -2.04. The number of nitrogens with one attached hydrogen (secondary N) is 1. The molecule has 5 nitrogen and oxygen atoms in total. The Bertz CT molecular complexity index is 1390. The highest BCUT2D eigenvalue weighted by Crippen LogP contribution is 2.39. The van der Waals surface area contributed by atoms with Crippen molar-refractivity contribution < 1.29 is 17.6 Å². The fraction of sp³-hybridized carbons (Fsp3) is 0.143. The maximum Gasteiger partial charge on any atom is 0.241 e. The van der Waals surface area contributed by atoms with E-state index in [1.54, 1.807) is 0 Å². The molecular weight excluding hydrogens is 411 g/mol. The minimum atomic E-state index is -3.87. The third-order valence-corrected chi connectivity index (χ3v) is 7.64. The van der Waals surface area contributed by atoms with Gasteiger partial charge in [-0.1, -0.05) is 29.5 Å². The van der Waals surface area contributed by atoms with Gasteiger partial charge < -0.3 is 5.32 Å². The highest BCUT2D eigenvalue weighted by atomic mass is 32.2. The van der Waals surface area contributed by atoms with Gasteiger partial charge in [-0.15, -0.1) is 0 Å². The van der Waals surface area contributed by atoms with E-state index in [1.165, 1.54) is 27.8 Å². The molecule has 1 aliphatic carbocycles. The summed E-state index contributed by atoms with van der Waals surface area (Å²) < 4.78 is 38.7. The van der Waals surface area contributed by atoms with Crippen LogP contribution in [0.2, 0.25) is 0 Å². The van der Waals surface area contributed by atoms with Crippen LogP contribution in [-0.4, -0.2) is 25.1 Å². The van der Waals surface area contributed by atoms with E-state index < -0.39 is 27.3 Å². The van der Waals surface area contributed by atoms with Crippen molar-refractivity contribution in [1.29, 1.82) is 0 Å². The number of aromatic nitrogens is 1. The van der Waals surface area contributed by atoms with Crippen molar-refractivity contribution in [2.24, 2.45) is 0 Å². The molecule has 1 amide bonds. The number of nitrogens with zero attached hydrogens (tertiary/aromatic N) is 1. The number of hydrogen-bond donors (Lipinski definition) is 1. The van der Waals surface area contributed by atoms with E-state index >= 15 is 0 Å². The Morgan fingerprint density at radius 2 is 1.86 bits per heavy atom. The van der Waals surface area contributed by atoms with Gasteiger partial charge in [0.15, 0.2) is 15.0 Å². The number of hydrogen-bond acceptors (Lipinski definition) is 5. The molecule has 1 aliphatic rings. The number of carbonyl (C=O) groups is 1. The largest absolute Gasteiger partial charge is 0.301 e. The third-order valence-electron chi connectivity index (χ3n) is 5.09. The van der Waals surface area contributed by atoms with Crippen LogP contribution in [0.1, 0.15) is 11.1 Å². The van der Waals surface area contributed by atoms with E-state index in [9.17, 15) is 17.6 Å². The zero-order chi connectivity index (χ0) is 20.2. The number of thiazole rings is 1. The summed E-state index contributed by atoms with van der Waals surface area (Å²) in [6.45, 7) is 0. The molecule has 146 valence electrons. The third kappa shape index (κ3) is 3.18. The average molecular weight is 426 g/mol. The van der Waals surface area contributed by atoms with Crippen LogP contribution in [0.3, 0.4) is 0 Å².